The van der Waals surface area contributed by atoms with Crippen molar-refractivity contribution in [3.05, 3.63) is 106 Å². The Morgan fingerprint density at radius 3 is 2.31 bits per heavy atom. The van der Waals surface area contributed by atoms with Crippen LogP contribution in [0.4, 0.5) is 18.0 Å². The standard InChI is InChI=1S/C33H30F3N7O8S/c1-20-9-11-22(12-10-20)28-18-29(33(34,35)36)37-42(28)23-13-15-25(16-14-23)52(48,49)38-32(46)50-19-24-6-5-17-40(24)43(47)39-51-21(2)41-30(44)26-7-3-4-8-27(26)31(41)45/h3-4,7-16,18,21,24H,5-6,17,19H2,1-2H3,(H,38,46)/b43-39-/t21?,24-/m0/s1. The number of imide groups is 1. The van der Waals surface area contributed by atoms with E-state index in [0.29, 0.717) is 18.4 Å². The molecule has 2 aliphatic rings. The average Bonchev–Trinajstić information content (AvgIpc) is 3.83. The minimum atomic E-state index is -4.73. The second-order valence-electron chi connectivity index (χ2n) is 11.9. The number of aromatic nitrogens is 2. The highest BCUT2D eigenvalue weighted by atomic mass is 32.2. The minimum Gasteiger partial charge on any atom is -0.569 e. The van der Waals surface area contributed by atoms with Crippen molar-refractivity contribution in [3.63, 3.8) is 0 Å². The average molecular weight is 742 g/mol. The van der Waals surface area contributed by atoms with Gasteiger partial charge >= 0.3 is 12.3 Å². The molecule has 3 aromatic carbocycles. The van der Waals surface area contributed by atoms with Crippen molar-refractivity contribution < 1.29 is 50.5 Å². The number of carbonyl (C=O) groups excluding carboxylic acids is 3. The number of hydrazine groups is 1. The first-order chi connectivity index (χ1) is 24.6. The smallest absolute Gasteiger partial charge is 0.435 e. The Morgan fingerprint density at radius 2 is 1.69 bits per heavy atom. The van der Waals surface area contributed by atoms with Gasteiger partial charge in [-0.25, -0.2) is 27.5 Å². The third-order valence-electron chi connectivity index (χ3n) is 8.39. The lowest BCUT2D eigenvalue weighted by Crippen LogP contribution is -2.42. The number of carbonyl (C=O) groups is 3. The first kappa shape index (κ1) is 35.8. The largest absolute Gasteiger partial charge is 0.569 e. The van der Waals surface area contributed by atoms with Gasteiger partial charge in [-0.3, -0.25) is 9.59 Å². The highest BCUT2D eigenvalue weighted by molar-refractivity contribution is 7.90. The third-order valence-corrected chi connectivity index (χ3v) is 9.72. The number of hydrogen-bond acceptors (Lipinski definition) is 10. The number of ether oxygens (including phenoxy) is 1. The van der Waals surface area contributed by atoms with E-state index >= 15 is 0 Å². The molecule has 0 bridgehead atoms. The van der Waals surface area contributed by atoms with Gasteiger partial charge in [0.05, 0.1) is 38.9 Å². The predicted octanol–water partition coefficient (Wildman–Crippen LogP) is 5.20. The van der Waals surface area contributed by atoms with Crippen LogP contribution in [-0.4, -0.2) is 76.4 Å². The van der Waals surface area contributed by atoms with Gasteiger partial charge in [-0.2, -0.15) is 18.3 Å². The number of fused-ring (bicyclic) bond motifs is 1. The van der Waals surface area contributed by atoms with Gasteiger partial charge in [-0.05, 0) is 69.2 Å². The van der Waals surface area contributed by atoms with E-state index in [-0.39, 0.29) is 38.9 Å². The van der Waals surface area contributed by atoms with Crippen molar-refractivity contribution in [2.24, 2.45) is 5.28 Å². The molecule has 1 aromatic heterocycles. The maximum Gasteiger partial charge on any atom is 0.435 e. The maximum atomic E-state index is 13.6. The molecule has 1 fully saturated rings. The number of nitrogens with one attached hydrogen (secondary N) is 1. The molecule has 0 spiro atoms. The van der Waals surface area contributed by atoms with Crippen LogP contribution in [0.1, 0.15) is 51.7 Å². The van der Waals surface area contributed by atoms with Gasteiger partial charge in [0, 0.05) is 5.56 Å². The van der Waals surface area contributed by atoms with Crippen LogP contribution in [0.3, 0.4) is 0 Å². The summed E-state index contributed by atoms with van der Waals surface area (Å²) >= 11 is 0. The predicted molar refractivity (Wildman–Crippen MR) is 174 cm³/mol. The second-order valence-corrected chi connectivity index (χ2v) is 13.6. The monoisotopic (exact) mass is 741 g/mol. The molecule has 3 amide bonds. The van der Waals surface area contributed by atoms with Crippen molar-refractivity contribution in [3.8, 4) is 16.9 Å². The lowest BCUT2D eigenvalue weighted by Gasteiger charge is -2.22. The number of sulfonamides is 1. The summed E-state index contributed by atoms with van der Waals surface area (Å²) in [6.07, 6.45) is -6.43. The molecular formula is C33H30F3N7O8S. The molecule has 19 heteroatoms. The SMILES string of the molecule is Cc1ccc(-c2cc(C(F)(F)F)nn2-c2ccc(S(=O)(=O)NC(=O)OC[C@@H]3CCCN3/[N+]([O-])=N/OC(C)N3C(=O)c4ccccc4C3=O)cc2)cc1. The molecule has 0 saturated carbocycles. The summed E-state index contributed by atoms with van der Waals surface area (Å²) in [4.78, 5) is 43.6. The van der Waals surface area contributed by atoms with E-state index in [9.17, 15) is 41.2 Å². The fourth-order valence-electron chi connectivity index (χ4n) is 5.74. The molecule has 52 heavy (non-hydrogen) atoms. The van der Waals surface area contributed by atoms with Gasteiger partial charge in [0.15, 0.2) is 5.69 Å². The lowest BCUT2D eigenvalue weighted by atomic mass is 10.1. The van der Waals surface area contributed by atoms with E-state index in [1.54, 1.807) is 41.1 Å². The number of benzene rings is 3. The molecule has 1 N–H and O–H groups in total. The lowest BCUT2D eigenvalue weighted by molar-refractivity contribution is -0.716. The van der Waals surface area contributed by atoms with E-state index in [1.165, 1.54) is 36.2 Å². The van der Waals surface area contributed by atoms with Gasteiger partial charge in [-0.15, -0.1) is 5.01 Å². The molecule has 1 unspecified atom stereocenters. The van der Waals surface area contributed by atoms with Gasteiger partial charge in [0.25, 0.3) is 21.8 Å². The second kappa shape index (κ2) is 14.0. The number of amides is 3. The van der Waals surface area contributed by atoms with Crippen molar-refractivity contribution in [1.29, 1.82) is 0 Å². The number of nitrogens with zero attached hydrogens (tertiary/aromatic N) is 6. The van der Waals surface area contributed by atoms with E-state index in [1.807, 2.05) is 6.92 Å². The summed E-state index contributed by atoms with van der Waals surface area (Å²) in [5.74, 6) is -1.20. The topological polar surface area (TPSA) is 179 Å². The van der Waals surface area contributed by atoms with Crippen LogP contribution in [0.2, 0.25) is 0 Å². The quantitative estimate of drug-likeness (QED) is 0.0984. The Balaban J connectivity index is 1.07. The fraction of sp³-hybridized carbons (Fsp3) is 0.273. The van der Waals surface area contributed by atoms with Crippen LogP contribution in [-0.2, 0) is 25.8 Å². The summed E-state index contributed by atoms with van der Waals surface area (Å²) in [6, 6.07) is 17.8. The molecule has 4 aromatic rings. The van der Waals surface area contributed by atoms with E-state index in [0.717, 1.165) is 33.3 Å². The summed E-state index contributed by atoms with van der Waals surface area (Å²) in [7, 11) is -4.49. The number of alkyl halides is 3. The highest BCUT2D eigenvalue weighted by Gasteiger charge is 2.40. The first-order valence-corrected chi connectivity index (χ1v) is 17.2. The van der Waals surface area contributed by atoms with E-state index in [2.05, 4.69) is 10.4 Å². The van der Waals surface area contributed by atoms with Gasteiger partial charge in [-0.1, -0.05) is 42.0 Å². The van der Waals surface area contributed by atoms with E-state index < -0.39 is 58.7 Å². The van der Waals surface area contributed by atoms with Crippen LogP contribution in [0, 0.1) is 12.1 Å². The molecule has 0 aliphatic carbocycles. The van der Waals surface area contributed by atoms with Crippen LogP contribution in [0.25, 0.3) is 16.9 Å². The zero-order valence-corrected chi connectivity index (χ0v) is 28.3. The number of rotatable bonds is 10. The molecule has 1 saturated heterocycles. The molecule has 2 atom stereocenters. The maximum absolute atomic E-state index is 13.6. The van der Waals surface area contributed by atoms with Gasteiger partial charge < -0.3 is 14.8 Å². The van der Waals surface area contributed by atoms with Crippen LogP contribution in [0.5, 0.6) is 0 Å². The number of aryl methyl sites for hydroxylation is 1. The molecule has 6 rings (SSSR count). The Bertz CT molecular complexity index is 2120. The molecular weight excluding hydrogens is 711 g/mol. The Morgan fingerprint density at radius 1 is 1.06 bits per heavy atom. The van der Waals surface area contributed by atoms with Crippen LogP contribution in [0.15, 0.2) is 89.0 Å². The van der Waals surface area contributed by atoms with Gasteiger partial charge in [0.2, 0.25) is 11.5 Å². The minimum absolute atomic E-state index is 0.105. The Kier molecular flexibility index (Phi) is 9.63. The Labute approximate surface area is 294 Å². The zero-order valence-electron chi connectivity index (χ0n) is 27.5. The van der Waals surface area contributed by atoms with Crippen molar-refractivity contribution >= 4 is 27.9 Å². The highest BCUT2D eigenvalue weighted by Crippen LogP contribution is 2.33. The van der Waals surface area contributed by atoms with Crippen molar-refractivity contribution in [1.82, 2.24) is 24.4 Å². The molecule has 0 radical (unpaired) electrons. The fourth-order valence-corrected chi connectivity index (χ4v) is 6.63. The van der Waals surface area contributed by atoms with E-state index in [4.69, 9.17) is 9.57 Å². The third kappa shape index (κ3) is 7.25. The first-order valence-electron chi connectivity index (χ1n) is 15.8. The summed E-state index contributed by atoms with van der Waals surface area (Å²) in [5, 5.41) is 21.1. The summed E-state index contributed by atoms with van der Waals surface area (Å²) < 4.78 is 74.5. The number of hydrogen-bond donors (Lipinski definition) is 1. The normalized spacial score (nSPS) is 16.9. The molecule has 2 aliphatic heterocycles. The van der Waals surface area contributed by atoms with Crippen molar-refractivity contribution in [2.45, 2.75) is 50.0 Å². The summed E-state index contributed by atoms with van der Waals surface area (Å²) in [5.41, 5.74) is 0.854. The van der Waals surface area contributed by atoms with Gasteiger partial charge in [0.1, 0.15) is 12.6 Å². The van der Waals surface area contributed by atoms with Crippen molar-refractivity contribution in [2.75, 3.05) is 13.2 Å². The van der Waals surface area contributed by atoms with Crippen LogP contribution < -0.4 is 4.72 Å². The molecule has 272 valence electrons. The van der Waals surface area contributed by atoms with Crippen LogP contribution >= 0.6 is 0 Å². The number of halogens is 3. The molecule has 15 nitrogen and oxygen atoms in total. The summed E-state index contributed by atoms with van der Waals surface area (Å²) in [6.45, 7) is 2.97. The molecule has 3 heterocycles. The Hall–Kier alpha value is -5.98. The zero-order chi connectivity index (χ0) is 37.4.